The maximum Gasteiger partial charge on any atom is 0.132 e. The highest BCUT2D eigenvalue weighted by molar-refractivity contribution is 5.85. The van der Waals surface area contributed by atoms with E-state index in [1.807, 2.05) is 18.7 Å². The van der Waals surface area contributed by atoms with Gasteiger partial charge in [0.25, 0.3) is 0 Å². The van der Waals surface area contributed by atoms with E-state index in [9.17, 15) is 0 Å². The summed E-state index contributed by atoms with van der Waals surface area (Å²) in [5.74, 6) is 0.895. The topological polar surface area (TPSA) is 30.3 Å². The van der Waals surface area contributed by atoms with E-state index in [-0.39, 0.29) is 0 Å². The minimum absolute atomic E-state index is 0.492. The van der Waals surface area contributed by atoms with E-state index in [2.05, 4.69) is 66.4 Å². The van der Waals surface area contributed by atoms with Crippen molar-refractivity contribution in [2.45, 2.75) is 27.0 Å². The van der Waals surface area contributed by atoms with Crippen LogP contribution >= 0.6 is 0 Å². The average Bonchev–Trinajstić information content (AvgIpc) is 2.91. The first kappa shape index (κ1) is 15.8. The molecule has 0 radical (unpaired) electrons. The summed E-state index contributed by atoms with van der Waals surface area (Å²) >= 11 is 0. The van der Waals surface area contributed by atoms with Gasteiger partial charge in [-0.25, -0.2) is 0 Å². The van der Waals surface area contributed by atoms with Crippen molar-refractivity contribution >= 4 is 5.69 Å². The predicted molar refractivity (Wildman–Crippen MR) is 101 cm³/mol. The van der Waals surface area contributed by atoms with Gasteiger partial charge in [-0.05, 0) is 48.7 Å². The number of benzene rings is 2. The molecule has 0 bridgehead atoms. The summed E-state index contributed by atoms with van der Waals surface area (Å²) < 4.78 is 7.85. The molecule has 0 spiro atoms. The van der Waals surface area contributed by atoms with Crippen LogP contribution in [-0.2, 0) is 20.2 Å². The van der Waals surface area contributed by atoms with Crippen LogP contribution in [0.3, 0.4) is 0 Å². The molecule has 4 nitrogen and oxygen atoms in total. The zero-order valence-electron chi connectivity index (χ0n) is 15.2. The summed E-state index contributed by atoms with van der Waals surface area (Å²) in [5, 5.41) is 4.45. The van der Waals surface area contributed by atoms with Gasteiger partial charge in [0.1, 0.15) is 18.1 Å². The minimum Gasteiger partial charge on any atom is -0.487 e. The number of fused-ring (bicyclic) bond motifs is 3. The molecular weight excluding hydrogens is 310 g/mol. The molecule has 0 atom stereocenters. The molecule has 0 saturated carbocycles. The normalized spacial score (nSPS) is 12.7. The number of rotatable bonds is 3. The van der Waals surface area contributed by atoms with Crippen LogP contribution in [0.15, 0.2) is 42.5 Å². The second-order valence-electron chi connectivity index (χ2n) is 6.84. The maximum absolute atomic E-state index is 5.98. The van der Waals surface area contributed by atoms with Crippen molar-refractivity contribution in [3.8, 4) is 16.9 Å². The van der Waals surface area contributed by atoms with Crippen LogP contribution in [0.4, 0.5) is 5.69 Å². The third kappa shape index (κ3) is 2.78. The van der Waals surface area contributed by atoms with Crippen molar-refractivity contribution in [1.29, 1.82) is 0 Å². The lowest BCUT2D eigenvalue weighted by atomic mass is 9.91. The average molecular weight is 333 g/mol. The Hall–Kier alpha value is -2.75. The molecular formula is C21H23N3O. The summed E-state index contributed by atoms with van der Waals surface area (Å²) in [6, 6.07) is 15.0. The molecule has 2 heterocycles. The van der Waals surface area contributed by atoms with Gasteiger partial charge in [0, 0.05) is 37.6 Å². The van der Waals surface area contributed by atoms with Crippen LogP contribution in [0, 0.1) is 13.8 Å². The van der Waals surface area contributed by atoms with Crippen LogP contribution in [0.5, 0.6) is 5.75 Å². The smallest absolute Gasteiger partial charge is 0.132 e. The highest BCUT2D eigenvalue weighted by Crippen LogP contribution is 2.41. The van der Waals surface area contributed by atoms with E-state index < -0.39 is 0 Å². The van der Waals surface area contributed by atoms with Gasteiger partial charge < -0.3 is 9.64 Å². The van der Waals surface area contributed by atoms with Crippen molar-refractivity contribution < 1.29 is 4.74 Å². The fourth-order valence-corrected chi connectivity index (χ4v) is 3.63. The molecule has 25 heavy (non-hydrogen) atoms. The molecule has 1 aliphatic heterocycles. The van der Waals surface area contributed by atoms with Crippen LogP contribution in [0.2, 0.25) is 0 Å². The Balaban J connectivity index is 1.61. The highest BCUT2D eigenvalue weighted by Gasteiger charge is 2.21. The number of hydrogen-bond donors (Lipinski definition) is 0. The van der Waals surface area contributed by atoms with Gasteiger partial charge in [0.05, 0.1) is 0 Å². The Kier molecular flexibility index (Phi) is 3.75. The van der Waals surface area contributed by atoms with Crippen molar-refractivity contribution in [2.75, 3.05) is 11.9 Å². The van der Waals surface area contributed by atoms with Crippen molar-refractivity contribution in [3.63, 3.8) is 0 Å². The summed E-state index contributed by atoms with van der Waals surface area (Å²) in [5.41, 5.74) is 8.64. The van der Waals surface area contributed by atoms with Gasteiger partial charge in [-0.15, -0.1) is 0 Å². The van der Waals surface area contributed by atoms with E-state index in [0.717, 1.165) is 23.7 Å². The Morgan fingerprint density at radius 1 is 1.04 bits per heavy atom. The molecule has 1 aromatic heterocycles. The predicted octanol–water partition coefficient (Wildman–Crippen LogP) is 4.23. The number of para-hydroxylation sites is 1. The lowest BCUT2D eigenvalue weighted by Crippen LogP contribution is -2.22. The molecule has 0 unspecified atom stereocenters. The summed E-state index contributed by atoms with van der Waals surface area (Å²) in [6.45, 7) is 5.61. The molecule has 3 aromatic rings. The number of aromatic nitrogens is 2. The first-order valence-corrected chi connectivity index (χ1v) is 8.59. The molecule has 2 aromatic carbocycles. The molecule has 0 N–H and O–H groups in total. The molecule has 4 rings (SSSR count). The monoisotopic (exact) mass is 333 g/mol. The highest BCUT2D eigenvalue weighted by atomic mass is 16.5. The van der Waals surface area contributed by atoms with E-state index in [4.69, 9.17) is 4.74 Å². The Morgan fingerprint density at radius 2 is 1.88 bits per heavy atom. The fraction of sp³-hybridized carbons (Fsp3) is 0.286. The van der Waals surface area contributed by atoms with Crippen molar-refractivity contribution in [1.82, 2.24) is 9.78 Å². The number of nitrogens with zero attached hydrogens (tertiary/aromatic N) is 3. The van der Waals surface area contributed by atoms with Crippen LogP contribution < -0.4 is 9.64 Å². The number of anilines is 1. The third-order valence-corrected chi connectivity index (χ3v) is 4.94. The summed E-state index contributed by atoms with van der Waals surface area (Å²) in [4.78, 5) is 2.32. The Labute approximate surface area is 148 Å². The molecule has 0 fully saturated rings. The standard InChI is InChI=1S/C21H23N3O/c1-14-6-5-7-20-19-9-8-18(11-16(19)12-23(3)21(14)20)25-13-17-10-15(2)24(4)22-17/h5-11H,12-13H2,1-4H3. The van der Waals surface area contributed by atoms with Crippen LogP contribution in [0.1, 0.15) is 22.5 Å². The lowest BCUT2D eigenvalue weighted by molar-refractivity contribution is 0.300. The summed E-state index contributed by atoms with van der Waals surface area (Å²) in [7, 11) is 4.10. The molecule has 4 heteroatoms. The lowest BCUT2D eigenvalue weighted by Gasteiger charge is -2.31. The van der Waals surface area contributed by atoms with E-state index in [0.29, 0.717) is 6.61 Å². The second kappa shape index (κ2) is 5.96. The molecule has 0 aliphatic carbocycles. The zero-order chi connectivity index (χ0) is 17.6. The van der Waals surface area contributed by atoms with Crippen molar-refractivity contribution in [3.05, 3.63) is 65.0 Å². The Bertz CT molecular complexity index is 923. The van der Waals surface area contributed by atoms with Gasteiger partial charge in [0.15, 0.2) is 0 Å². The van der Waals surface area contributed by atoms with Crippen molar-refractivity contribution in [2.24, 2.45) is 7.05 Å². The third-order valence-electron chi connectivity index (χ3n) is 4.94. The second-order valence-corrected chi connectivity index (χ2v) is 6.84. The van der Waals surface area contributed by atoms with Gasteiger partial charge in [0.2, 0.25) is 0 Å². The number of hydrogen-bond acceptors (Lipinski definition) is 3. The molecule has 0 saturated heterocycles. The molecule has 0 amide bonds. The Morgan fingerprint density at radius 3 is 2.64 bits per heavy atom. The van der Waals surface area contributed by atoms with Crippen LogP contribution in [0.25, 0.3) is 11.1 Å². The zero-order valence-corrected chi connectivity index (χ0v) is 15.2. The van der Waals surface area contributed by atoms with Gasteiger partial charge in [-0.2, -0.15) is 5.10 Å². The maximum atomic E-state index is 5.98. The quantitative estimate of drug-likeness (QED) is 0.718. The van der Waals surface area contributed by atoms with Crippen LogP contribution in [-0.4, -0.2) is 16.8 Å². The van der Waals surface area contributed by atoms with Gasteiger partial charge >= 0.3 is 0 Å². The summed E-state index contributed by atoms with van der Waals surface area (Å²) in [6.07, 6.45) is 0. The first-order chi connectivity index (χ1) is 12.0. The molecule has 1 aliphatic rings. The van der Waals surface area contributed by atoms with E-state index in [1.54, 1.807) is 0 Å². The van der Waals surface area contributed by atoms with E-state index >= 15 is 0 Å². The first-order valence-electron chi connectivity index (χ1n) is 8.59. The van der Waals surface area contributed by atoms with Gasteiger partial charge in [-0.3, -0.25) is 4.68 Å². The SMILES string of the molecule is Cc1cccc2c1N(C)Cc1cc(OCc3cc(C)n(C)n3)ccc1-2. The van der Waals surface area contributed by atoms with Gasteiger partial charge in [-0.1, -0.05) is 24.3 Å². The number of aryl methyl sites for hydroxylation is 3. The largest absolute Gasteiger partial charge is 0.487 e. The number of ether oxygens (including phenoxy) is 1. The minimum atomic E-state index is 0.492. The molecule has 128 valence electrons. The fourth-order valence-electron chi connectivity index (χ4n) is 3.63. The van der Waals surface area contributed by atoms with E-state index in [1.165, 1.54) is 27.9 Å².